The van der Waals surface area contributed by atoms with Gasteiger partial charge >= 0.3 is 0 Å². The summed E-state index contributed by atoms with van der Waals surface area (Å²) >= 11 is 3.66. The number of nitrogens with zero attached hydrogens (tertiary/aromatic N) is 3. The maximum absolute atomic E-state index is 5.36. The zero-order valence-corrected chi connectivity index (χ0v) is 32.0. The van der Waals surface area contributed by atoms with Crippen molar-refractivity contribution in [1.82, 2.24) is 14.5 Å². The van der Waals surface area contributed by atoms with Gasteiger partial charge in [0.05, 0.1) is 26.9 Å². The molecule has 0 fully saturated rings. The molecule has 9 aromatic carbocycles. The van der Waals surface area contributed by atoms with Crippen LogP contribution in [0.2, 0.25) is 0 Å². The van der Waals surface area contributed by atoms with Crippen molar-refractivity contribution in [2.24, 2.45) is 0 Å². The van der Waals surface area contributed by atoms with Crippen LogP contribution >= 0.6 is 22.7 Å². The van der Waals surface area contributed by atoms with Gasteiger partial charge in [-0.05, 0) is 87.3 Å². The molecule has 0 saturated heterocycles. The van der Waals surface area contributed by atoms with Gasteiger partial charge in [0.15, 0.2) is 5.82 Å². The van der Waals surface area contributed by atoms with E-state index >= 15 is 0 Å². The number of hydrogen-bond donors (Lipinski definition) is 0. The van der Waals surface area contributed by atoms with Gasteiger partial charge in [0.25, 0.3) is 0 Å². The van der Waals surface area contributed by atoms with E-state index in [-0.39, 0.29) is 0 Å². The van der Waals surface area contributed by atoms with Gasteiger partial charge in [-0.25, -0.2) is 9.97 Å². The average molecular weight is 760 g/mol. The van der Waals surface area contributed by atoms with Crippen molar-refractivity contribution >= 4 is 106 Å². The van der Waals surface area contributed by atoms with E-state index in [0.29, 0.717) is 0 Å². The Morgan fingerprint density at radius 1 is 0.386 bits per heavy atom. The maximum Gasteiger partial charge on any atom is 0.160 e. The molecule has 0 saturated carbocycles. The van der Waals surface area contributed by atoms with Crippen LogP contribution in [0, 0.1) is 0 Å². The number of rotatable bonds is 4. The molecule has 5 heteroatoms. The molecule has 0 N–H and O–H groups in total. The quantitative estimate of drug-likeness (QED) is 0.179. The van der Waals surface area contributed by atoms with Gasteiger partial charge in [-0.2, -0.15) is 0 Å². The van der Waals surface area contributed by atoms with Crippen molar-refractivity contribution in [3.8, 4) is 39.5 Å². The van der Waals surface area contributed by atoms with Gasteiger partial charge < -0.3 is 4.57 Å². The van der Waals surface area contributed by atoms with E-state index in [1.54, 1.807) is 11.3 Å². The maximum atomic E-state index is 5.36. The molecule has 0 aliphatic rings. The van der Waals surface area contributed by atoms with Gasteiger partial charge in [0.1, 0.15) is 0 Å². The number of thiophene rings is 1. The minimum absolute atomic E-state index is 0.734. The lowest BCUT2D eigenvalue weighted by Gasteiger charge is -2.12. The highest BCUT2D eigenvalue weighted by Crippen LogP contribution is 2.47. The van der Waals surface area contributed by atoms with Crippen LogP contribution in [0.1, 0.15) is 0 Å². The smallest absolute Gasteiger partial charge is 0.160 e. The van der Waals surface area contributed by atoms with Crippen LogP contribution in [0.25, 0.3) is 123 Å². The Bertz CT molecular complexity index is 3660. The summed E-state index contributed by atoms with van der Waals surface area (Å²) in [6.45, 7) is 0. The monoisotopic (exact) mass is 759 g/mol. The van der Waals surface area contributed by atoms with E-state index in [1.165, 1.54) is 74.0 Å². The van der Waals surface area contributed by atoms with E-state index in [1.807, 2.05) is 11.3 Å². The summed E-state index contributed by atoms with van der Waals surface area (Å²) < 4.78 is 7.42. The number of aromatic nitrogens is 3. The van der Waals surface area contributed by atoms with E-state index in [0.717, 1.165) is 49.3 Å². The van der Waals surface area contributed by atoms with E-state index in [2.05, 4.69) is 180 Å². The van der Waals surface area contributed by atoms with Crippen molar-refractivity contribution in [3.05, 3.63) is 176 Å². The molecule has 264 valence electrons. The van der Waals surface area contributed by atoms with Crippen LogP contribution in [-0.4, -0.2) is 14.5 Å². The molecule has 0 radical (unpaired) electrons. The molecule has 0 bridgehead atoms. The SMILES string of the molecule is c1ccc(-c2cccc(-c3nc(-c4ccc5cc(-n6c7ccc8cccc9sc%10cccc%11ccc6c(c%11%10)c7c89)ccc5c4)nc4c3sc3ccccc34)c2)cc1. The van der Waals surface area contributed by atoms with Crippen LogP contribution in [0.5, 0.6) is 0 Å². The van der Waals surface area contributed by atoms with Crippen molar-refractivity contribution in [1.29, 1.82) is 0 Å². The predicted molar refractivity (Wildman–Crippen MR) is 245 cm³/mol. The van der Waals surface area contributed by atoms with Crippen LogP contribution in [0.15, 0.2) is 176 Å². The van der Waals surface area contributed by atoms with Crippen LogP contribution in [0.3, 0.4) is 0 Å². The molecule has 13 aromatic rings. The Hall–Kier alpha value is -6.92. The second-order valence-corrected chi connectivity index (χ2v) is 17.1. The van der Waals surface area contributed by atoms with E-state index in [9.17, 15) is 0 Å². The number of benzene rings is 9. The Balaban J connectivity index is 0.994. The van der Waals surface area contributed by atoms with Gasteiger partial charge in [0, 0.05) is 57.8 Å². The fourth-order valence-corrected chi connectivity index (χ4v) is 11.5. The van der Waals surface area contributed by atoms with Crippen molar-refractivity contribution in [3.63, 3.8) is 0 Å². The minimum atomic E-state index is 0.734. The second-order valence-electron chi connectivity index (χ2n) is 14.9. The summed E-state index contributed by atoms with van der Waals surface area (Å²) in [7, 11) is 0. The molecular formula is C52H29N3S2. The Kier molecular flexibility index (Phi) is 6.48. The Morgan fingerprint density at radius 3 is 1.81 bits per heavy atom. The molecule has 0 atom stereocenters. The first-order chi connectivity index (χ1) is 28.2. The summed E-state index contributed by atoms with van der Waals surface area (Å²) in [5.41, 5.74) is 10.0. The molecule has 0 unspecified atom stereocenters. The van der Waals surface area contributed by atoms with E-state index in [4.69, 9.17) is 9.97 Å². The molecule has 3 nitrogen and oxygen atoms in total. The highest BCUT2D eigenvalue weighted by Gasteiger charge is 2.21. The highest BCUT2D eigenvalue weighted by molar-refractivity contribution is 7.26. The second kappa shape index (κ2) is 11.8. The van der Waals surface area contributed by atoms with Gasteiger partial charge in [-0.1, -0.05) is 121 Å². The summed E-state index contributed by atoms with van der Waals surface area (Å²) in [5, 5.41) is 11.4. The lowest BCUT2D eigenvalue weighted by Crippen LogP contribution is -1.95. The predicted octanol–water partition coefficient (Wildman–Crippen LogP) is 15.1. The third kappa shape index (κ3) is 4.58. The zero-order chi connectivity index (χ0) is 37.2. The number of fused-ring (bicyclic) bond motifs is 4. The van der Waals surface area contributed by atoms with Crippen molar-refractivity contribution in [2.45, 2.75) is 0 Å². The van der Waals surface area contributed by atoms with Crippen LogP contribution in [0.4, 0.5) is 0 Å². The number of hydrogen-bond acceptors (Lipinski definition) is 4. The molecule has 0 spiro atoms. The fraction of sp³-hybridized carbons (Fsp3) is 0. The normalized spacial score (nSPS) is 12.2. The molecule has 0 aliphatic carbocycles. The molecule has 4 aromatic heterocycles. The summed E-state index contributed by atoms with van der Waals surface area (Å²) in [6, 6.07) is 64.1. The first-order valence-corrected chi connectivity index (χ1v) is 20.9. The molecule has 0 amide bonds. The van der Waals surface area contributed by atoms with Crippen molar-refractivity contribution in [2.75, 3.05) is 0 Å². The van der Waals surface area contributed by atoms with E-state index < -0.39 is 0 Å². The molecule has 13 rings (SSSR count). The summed E-state index contributed by atoms with van der Waals surface area (Å²) in [4.78, 5) is 10.6. The molecule has 57 heavy (non-hydrogen) atoms. The third-order valence-electron chi connectivity index (χ3n) is 11.7. The first kappa shape index (κ1) is 31.3. The zero-order valence-electron chi connectivity index (χ0n) is 30.4. The van der Waals surface area contributed by atoms with Gasteiger partial charge in [0.2, 0.25) is 0 Å². The average Bonchev–Trinajstić information content (AvgIpc) is 3.77. The fourth-order valence-electron chi connectivity index (χ4n) is 9.15. The Labute approximate surface area is 334 Å². The van der Waals surface area contributed by atoms with Gasteiger partial charge in [-0.15, -0.1) is 22.7 Å². The molecule has 4 heterocycles. The van der Waals surface area contributed by atoms with Crippen LogP contribution < -0.4 is 0 Å². The molecule has 0 aliphatic heterocycles. The third-order valence-corrected chi connectivity index (χ3v) is 14.0. The first-order valence-electron chi connectivity index (χ1n) is 19.2. The lowest BCUT2D eigenvalue weighted by atomic mass is 10.00. The minimum Gasteiger partial charge on any atom is -0.309 e. The lowest BCUT2D eigenvalue weighted by molar-refractivity contribution is 1.19. The summed E-state index contributed by atoms with van der Waals surface area (Å²) in [6.07, 6.45) is 0. The Morgan fingerprint density at radius 2 is 1.02 bits per heavy atom. The molecular weight excluding hydrogens is 731 g/mol. The van der Waals surface area contributed by atoms with Crippen molar-refractivity contribution < 1.29 is 0 Å². The van der Waals surface area contributed by atoms with Crippen LogP contribution in [-0.2, 0) is 0 Å². The van der Waals surface area contributed by atoms with Gasteiger partial charge in [-0.3, -0.25) is 0 Å². The topological polar surface area (TPSA) is 30.7 Å². The summed E-state index contributed by atoms with van der Waals surface area (Å²) in [5.74, 6) is 0.734. The largest absolute Gasteiger partial charge is 0.309 e. The standard InChI is InChI=1S/C52H29N3S2/c1-2-9-30(10-3-1)33-13-6-14-36(27-33)49-51-50(39-15-4-5-16-42(39)57-51)54-52(53-49)37-20-19-35-29-38(24-21-34(35)28-37)55-40-25-22-31-11-7-17-43-45(31)47(40)48-41(55)26-23-32-12-8-18-44(56-43)46(32)48/h1-29H. The highest BCUT2D eigenvalue weighted by atomic mass is 32.1.